The zero-order valence-electron chi connectivity index (χ0n) is 13.9. The summed E-state index contributed by atoms with van der Waals surface area (Å²) in [4.78, 5) is 0. The Morgan fingerprint density at radius 2 is 1.09 bits per heavy atom. The Hall–Kier alpha value is -0.0400. The Kier molecular flexibility index (Phi) is 1.55. The lowest BCUT2D eigenvalue weighted by Crippen LogP contribution is -2.40. The molecule has 122 valence electrons. The van der Waals surface area contributed by atoms with Crippen LogP contribution < -0.4 is 0 Å². The van der Waals surface area contributed by atoms with Gasteiger partial charge in [0.25, 0.3) is 0 Å². The van der Waals surface area contributed by atoms with Crippen LogP contribution in [0, 0.1) is 88.3 Å². The minimum atomic E-state index is 0.684. The van der Waals surface area contributed by atoms with E-state index in [0.717, 1.165) is 30.3 Å². The van der Waals surface area contributed by atoms with E-state index in [-0.39, 0.29) is 0 Å². The minimum absolute atomic E-state index is 0.684. The number of ether oxygens (including phenoxy) is 1. The zero-order valence-corrected chi connectivity index (χ0v) is 13.9. The van der Waals surface area contributed by atoms with Gasteiger partial charge in [0, 0.05) is 12.0 Å². The molecule has 0 amide bonds. The molecule has 1 nitrogen and oxygen atoms in total. The van der Waals surface area contributed by atoms with Gasteiger partial charge in [-0.15, -0.1) is 0 Å². The third kappa shape index (κ3) is 0.825. The summed E-state index contributed by atoms with van der Waals surface area (Å²) >= 11 is 0. The molecule has 8 saturated carbocycles. The molecule has 0 aromatic heterocycles. The molecule has 1 saturated heterocycles. The van der Waals surface area contributed by atoms with E-state index in [9.17, 15) is 0 Å². The zero-order chi connectivity index (χ0) is 14.2. The molecule has 3 unspecified atom stereocenters. The summed E-state index contributed by atoms with van der Waals surface area (Å²) in [6, 6.07) is 0. The van der Waals surface area contributed by atoms with Crippen molar-refractivity contribution < 1.29 is 4.74 Å². The van der Waals surface area contributed by atoms with Gasteiger partial charge in [-0.1, -0.05) is 0 Å². The van der Waals surface area contributed by atoms with Crippen LogP contribution >= 0.6 is 0 Å². The summed E-state index contributed by atoms with van der Waals surface area (Å²) < 4.78 is 6.19. The van der Waals surface area contributed by atoms with E-state index in [0.29, 0.717) is 5.41 Å². The maximum Gasteiger partial charge on any atom is 0.0529 e. The summed E-state index contributed by atoms with van der Waals surface area (Å²) in [7, 11) is 0. The first-order valence-electron chi connectivity index (χ1n) is 11.0. The largest absolute Gasteiger partial charge is 0.381 e. The number of hydrogen-bond donors (Lipinski definition) is 0. The number of rotatable bonds is 0. The van der Waals surface area contributed by atoms with Crippen molar-refractivity contribution in [1.82, 2.24) is 0 Å². The quantitative estimate of drug-likeness (QED) is 0.663. The SMILES string of the molecule is C1CC2(CO1)[C@@H]1[C@@H]3CC[C@H]4C5C6[C@H]([C@@H]1[C@H]1[C@@H]6[C@H]6[C@@H](CC[C@@H]56)[C@@H]12)[C@@H]34. The highest BCUT2D eigenvalue weighted by Gasteiger charge is 2.87. The Balaban J connectivity index is 1.40. The van der Waals surface area contributed by atoms with Crippen molar-refractivity contribution in [1.29, 1.82) is 0 Å². The molecule has 0 aromatic carbocycles. The van der Waals surface area contributed by atoms with Crippen LogP contribution in [0.4, 0.5) is 0 Å². The van der Waals surface area contributed by atoms with E-state index in [1.165, 1.54) is 72.2 Å². The van der Waals surface area contributed by atoms with E-state index in [1.54, 1.807) is 25.7 Å². The van der Waals surface area contributed by atoms with Gasteiger partial charge in [-0.2, -0.15) is 0 Å². The Morgan fingerprint density at radius 3 is 1.65 bits per heavy atom. The van der Waals surface area contributed by atoms with E-state index in [4.69, 9.17) is 4.74 Å². The Labute approximate surface area is 138 Å². The maximum atomic E-state index is 6.19. The molecule has 1 spiro atoms. The first-order valence-corrected chi connectivity index (χ1v) is 11.0. The Bertz CT molecular complexity index is 600. The molecule has 9 rings (SSSR count). The number of fused-ring (bicyclic) bond motifs is 6. The predicted molar refractivity (Wildman–Crippen MR) is 85.2 cm³/mol. The van der Waals surface area contributed by atoms with Crippen LogP contribution in [-0.2, 0) is 4.74 Å². The average Bonchev–Trinajstić information content (AvgIpc) is 3.33. The lowest BCUT2D eigenvalue weighted by Gasteiger charge is -2.41. The van der Waals surface area contributed by atoms with Crippen molar-refractivity contribution in [3.63, 3.8) is 0 Å². The molecule has 9 fully saturated rings. The molecular weight excluding hydrogens is 280 g/mol. The summed E-state index contributed by atoms with van der Waals surface area (Å²) in [6.07, 6.45) is 8.01. The van der Waals surface area contributed by atoms with E-state index < -0.39 is 0 Å². The van der Waals surface area contributed by atoms with Crippen LogP contribution in [0.1, 0.15) is 32.1 Å². The number of hydrogen-bond acceptors (Lipinski definition) is 1. The molecule has 0 radical (unpaired) electrons. The van der Waals surface area contributed by atoms with Crippen molar-refractivity contribution in [2.45, 2.75) is 32.1 Å². The van der Waals surface area contributed by atoms with E-state index in [1.807, 2.05) is 0 Å². The normalized spacial score (nSPS) is 82.4. The smallest absolute Gasteiger partial charge is 0.0529 e. The van der Waals surface area contributed by atoms with Gasteiger partial charge in [0.1, 0.15) is 0 Å². The maximum absolute atomic E-state index is 6.19. The highest BCUT2D eigenvalue weighted by molar-refractivity contribution is 5.34. The molecule has 0 aromatic rings. The van der Waals surface area contributed by atoms with Crippen LogP contribution in [0.25, 0.3) is 0 Å². The minimum Gasteiger partial charge on any atom is -0.381 e. The van der Waals surface area contributed by atoms with Crippen LogP contribution in [-0.4, -0.2) is 13.2 Å². The van der Waals surface area contributed by atoms with Gasteiger partial charge in [0.05, 0.1) is 6.61 Å². The molecule has 8 aliphatic carbocycles. The van der Waals surface area contributed by atoms with Gasteiger partial charge in [0.2, 0.25) is 0 Å². The van der Waals surface area contributed by atoms with Gasteiger partial charge in [0.15, 0.2) is 0 Å². The summed E-state index contributed by atoms with van der Waals surface area (Å²) in [5.41, 5.74) is 0.684. The summed E-state index contributed by atoms with van der Waals surface area (Å²) in [6.45, 7) is 2.29. The highest BCUT2D eigenvalue weighted by atomic mass is 16.5. The second kappa shape index (κ2) is 3.08. The van der Waals surface area contributed by atoms with E-state index >= 15 is 0 Å². The first kappa shape index (κ1) is 11.6. The van der Waals surface area contributed by atoms with Crippen molar-refractivity contribution in [2.24, 2.45) is 88.3 Å². The van der Waals surface area contributed by atoms with Crippen LogP contribution in [0.5, 0.6) is 0 Å². The Morgan fingerprint density at radius 1 is 0.565 bits per heavy atom. The predicted octanol–water partition coefficient (Wildman–Crippen LogP) is 3.69. The summed E-state index contributed by atoms with van der Waals surface area (Å²) in [5, 5.41) is 0. The van der Waals surface area contributed by atoms with Crippen LogP contribution in [0.2, 0.25) is 0 Å². The second-order valence-corrected chi connectivity index (χ2v) is 11.5. The summed E-state index contributed by atoms with van der Waals surface area (Å²) in [5.74, 6) is 16.7. The standard InChI is InChI=1S/C22H28O/c1-3-10-13-8(1)12-9-2-4-11-14(9)17-15(12)16(13)18-19(17)21(11)22(20(10)18)5-6-23-7-22/h8-21H,1-7H2/t8-,9-,10+,11+,12?,13+,14+,15?,16+,17+,18+,19+,20-,21+,22?/m0/s1. The molecular formula is C22H28O. The van der Waals surface area contributed by atoms with Gasteiger partial charge >= 0.3 is 0 Å². The molecule has 0 bridgehead atoms. The fourth-order valence-corrected chi connectivity index (χ4v) is 13.3. The van der Waals surface area contributed by atoms with Gasteiger partial charge in [-0.3, -0.25) is 0 Å². The van der Waals surface area contributed by atoms with Gasteiger partial charge in [-0.25, -0.2) is 0 Å². The fraction of sp³-hybridized carbons (Fsp3) is 1.00. The molecule has 1 aliphatic heterocycles. The van der Waals surface area contributed by atoms with Crippen LogP contribution in [0.15, 0.2) is 0 Å². The topological polar surface area (TPSA) is 9.23 Å². The van der Waals surface area contributed by atoms with Crippen molar-refractivity contribution in [3.8, 4) is 0 Å². The highest BCUT2D eigenvalue weighted by Crippen LogP contribution is 2.91. The third-order valence-corrected chi connectivity index (χ3v) is 12.4. The monoisotopic (exact) mass is 308 g/mol. The molecule has 1 heterocycles. The molecule has 23 heavy (non-hydrogen) atoms. The average molecular weight is 308 g/mol. The van der Waals surface area contributed by atoms with Gasteiger partial charge < -0.3 is 4.74 Å². The van der Waals surface area contributed by atoms with Gasteiger partial charge in [-0.05, 0) is 115 Å². The fourth-order valence-electron chi connectivity index (χ4n) is 13.3. The molecule has 15 atom stereocenters. The van der Waals surface area contributed by atoms with Crippen molar-refractivity contribution in [2.75, 3.05) is 13.2 Å². The van der Waals surface area contributed by atoms with E-state index in [2.05, 4.69) is 0 Å². The third-order valence-electron chi connectivity index (χ3n) is 12.4. The molecule has 0 N–H and O–H groups in total. The van der Waals surface area contributed by atoms with Crippen molar-refractivity contribution >= 4 is 0 Å². The second-order valence-electron chi connectivity index (χ2n) is 11.5. The first-order chi connectivity index (χ1) is 11.4. The van der Waals surface area contributed by atoms with Crippen molar-refractivity contribution in [3.05, 3.63) is 0 Å². The molecule has 9 aliphatic rings. The lowest BCUT2D eigenvalue weighted by molar-refractivity contribution is 0.0276. The molecule has 1 heteroatoms. The van der Waals surface area contributed by atoms with Crippen LogP contribution in [0.3, 0.4) is 0 Å². The lowest BCUT2D eigenvalue weighted by atomic mass is 9.62.